The number of carbonyl (C=O) groups excluding carboxylic acids is 1. The summed E-state index contributed by atoms with van der Waals surface area (Å²) in [5.41, 5.74) is 4.31. The van der Waals surface area contributed by atoms with Gasteiger partial charge in [-0.15, -0.1) is 0 Å². The minimum Gasteiger partial charge on any atom is -0.345 e. The van der Waals surface area contributed by atoms with Crippen molar-refractivity contribution in [2.75, 3.05) is 0 Å². The van der Waals surface area contributed by atoms with Gasteiger partial charge in [-0.1, -0.05) is 42.8 Å². The van der Waals surface area contributed by atoms with Crippen LogP contribution < -0.4 is 5.32 Å². The highest BCUT2D eigenvalue weighted by atomic mass is 79.9. The van der Waals surface area contributed by atoms with Gasteiger partial charge in [0.15, 0.2) is 0 Å². The Bertz CT molecular complexity index is 651. The van der Waals surface area contributed by atoms with Crippen LogP contribution in [0.2, 0.25) is 0 Å². The summed E-state index contributed by atoms with van der Waals surface area (Å²) in [6, 6.07) is 13.9. The van der Waals surface area contributed by atoms with Crippen LogP contribution in [0.15, 0.2) is 46.9 Å². The van der Waals surface area contributed by atoms with Crippen LogP contribution in [0.25, 0.3) is 0 Å². The molecule has 0 aliphatic rings. The predicted octanol–water partition coefficient (Wildman–Crippen LogP) is 4.95. The molecule has 3 heteroatoms. The average molecular weight is 346 g/mol. The molecule has 1 N–H and O–H groups in total. The molecule has 0 aliphatic carbocycles. The normalized spacial score (nSPS) is 12.0. The SMILES string of the molecule is CC[C@H](NC(=O)c1ccccc1Br)c1ccc(C)cc1C. The fourth-order valence-corrected chi connectivity index (χ4v) is 2.96. The van der Waals surface area contributed by atoms with E-state index in [1.165, 1.54) is 16.7 Å². The molecule has 0 radical (unpaired) electrons. The minimum absolute atomic E-state index is 0.0326. The van der Waals surface area contributed by atoms with E-state index in [1.807, 2.05) is 24.3 Å². The van der Waals surface area contributed by atoms with Crippen molar-refractivity contribution >= 4 is 21.8 Å². The van der Waals surface area contributed by atoms with Crippen molar-refractivity contribution in [1.82, 2.24) is 5.32 Å². The highest BCUT2D eigenvalue weighted by Gasteiger charge is 2.17. The van der Waals surface area contributed by atoms with Gasteiger partial charge in [-0.3, -0.25) is 4.79 Å². The van der Waals surface area contributed by atoms with E-state index in [2.05, 4.69) is 60.2 Å². The number of hydrogen-bond acceptors (Lipinski definition) is 1. The molecule has 0 bridgehead atoms. The third-order valence-corrected chi connectivity index (χ3v) is 4.32. The maximum atomic E-state index is 12.4. The van der Waals surface area contributed by atoms with Crippen molar-refractivity contribution in [3.8, 4) is 0 Å². The average Bonchev–Trinajstić information content (AvgIpc) is 2.45. The summed E-state index contributed by atoms with van der Waals surface area (Å²) in [7, 11) is 0. The second-order valence-electron chi connectivity index (χ2n) is 5.27. The summed E-state index contributed by atoms with van der Waals surface area (Å²) in [6.45, 7) is 6.26. The summed E-state index contributed by atoms with van der Waals surface area (Å²) >= 11 is 3.43. The number of aryl methyl sites for hydroxylation is 2. The Labute approximate surface area is 134 Å². The standard InChI is InChI=1S/C18H20BrNO/c1-4-17(14-10-9-12(2)11-13(14)3)20-18(21)15-7-5-6-8-16(15)19/h5-11,17H,4H2,1-3H3,(H,20,21)/t17-/m0/s1. The highest BCUT2D eigenvalue weighted by molar-refractivity contribution is 9.10. The fourth-order valence-electron chi connectivity index (χ4n) is 2.50. The van der Waals surface area contributed by atoms with Crippen molar-refractivity contribution in [3.05, 3.63) is 69.2 Å². The van der Waals surface area contributed by atoms with E-state index >= 15 is 0 Å². The first-order valence-electron chi connectivity index (χ1n) is 7.15. The Morgan fingerprint density at radius 1 is 1.19 bits per heavy atom. The van der Waals surface area contributed by atoms with E-state index in [9.17, 15) is 4.79 Å². The maximum Gasteiger partial charge on any atom is 0.252 e. The van der Waals surface area contributed by atoms with Gasteiger partial charge in [-0.2, -0.15) is 0 Å². The number of halogens is 1. The van der Waals surface area contributed by atoms with Gasteiger partial charge in [-0.25, -0.2) is 0 Å². The van der Waals surface area contributed by atoms with Gasteiger partial charge in [0.25, 0.3) is 5.91 Å². The Hall–Kier alpha value is -1.61. The first kappa shape index (κ1) is 15.8. The van der Waals surface area contributed by atoms with E-state index in [1.54, 1.807) is 0 Å². The lowest BCUT2D eigenvalue weighted by molar-refractivity contribution is 0.0934. The van der Waals surface area contributed by atoms with Crippen LogP contribution in [0, 0.1) is 13.8 Å². The Morgan fingerprint density at radius 2 is 1.90 bits per heavy atom. The second-order valence-corrected chi connectivity index (χ2v) is 6.13. The van der Waals surface area contributed by atoms with E-state index < -0.39 is 0 Å². The number of rotatable bonds is 4. The molecule has 0 aromatic heterocycles. The molecule has 0 saturated heterocycles. The van der Waals surface area contributed by atoms with Crippen LogP contribution >= 0.6 is 15.9 Å². The Kier molecular flexibility index (Phi) is 5.18. The molecule has 2 aromatic rings. The zero-order valence-electron chi connectivity index (χ0n) is 12.6. The number of carbonyl (C=O) groups is 1. The molecule has 0 fully saturated rings. The lowest BCUT2D eigenvalue weighted by Gasteiger charge is -2.20. The number of amides is 1. The summed E-state index contributed by atoms with van der Waals surface area (Å²) < 4.78 is 0.818. The number of nitrogens with one attached hydrogen (secondary N) is 1. The van der Waals surface area contributed by atoms with Crippen LogP contribution in [0.1, 0.15) is 46.4 Å². The summed E-state index contributed by atoms with van der Waals surface area (Å²) in [5.74, 6) is -0.0469. The predicted molar refractivity (Wildman–Crippen MR) is 90.6 cm³/mol. The minimum atomic E-state index is -0.0469. The molecule has 2 rings (SSSR count). The molecule has 2 nitrogen and oxygen atoms in total. The Balaban J connectivity index is 2.23. The van der Waals surface area contributed by atoms with Crippen molar-refractivity contribution in [1.29, 1.82) is 0 Å². The summed E-state index contributed by atoms with van der Waals surface area (Å²) in [5, 5.41) is 3.13. The second kappa shape index (κ2) is 6.90. The van der Waals surface area contributed by atoms with Crippen molar-refractivity contribution in [2.24, 2.45) is 0 Å². The van der Waals surface area contributed by atoms with Crippen LogP contribution in [0.4, 0.5) is 0 Å². The quantitative estimate of drug-likeness (QED) is 0.834. The molecule has 0 spiro atoms. The third kappa shape index (κ3) is 3.73. The van der Waals surface area contributed by atoms with Gasteiger partial charge < -0.3 is 5.32 Å². The molecule has 0 saturated carbocycles. The first-order chi connectivity index (χ1) is 10.0. The van der Waals surface area contributed by atoms with Gasteiger partial charge >= 0.3 is 0 Å². The van der Waals surface area contributed by atoms with E-state index in [0.29, 0.717) is 5.56 Å². The van der Waals surface area contributed by atoms with Gasteiger partial charge in [0.05, 0.1) is 11.6 Å². The molecular formula is C18H20BrNO. The van der Waals surface area contributed by atoms with Gasteiger partial charge in [-0.05, 0) is 59.5 Å². The van der Waals surface area contributed by atoms with Crippen molar-refractivity contribution in [3.63, 3.8) is 0 Å². The molecule has 21 heavy (non-hydrogen) atoms. The van der Waals surface area contributed by atoms with Gasteiger partial charge in [0, 0.05) is 4.47 Å². The maximum absolute atomic E-state index is 12.4. The first-order valence-corrected chi connectivity index (χ1v) is 7.94. The van der Waals surface area contributed by atoms with Crippen LogP contribution in [0.3, 0.4) is 0 Å². The Morgan fingerprint density at radius 3 is 2.52 bits per heavy atom. The fraction of sp³-hybridized carbons (Fsp3) is 0.278. The van der Waals surface area contributed by atoms with E-state index in [0.717, 1.165) is 10.9 Å². The molecule has 110 valence electrons. The number of benzene rings is 2. The lowest BCUT2D eigenvalue weighted by atomic mass is 9.97. The van der Waals surface area contributed by atoms with Crippen LogP contribution in [-0.2, 0) is 0 Å². The van der Waals surface area contributed by atoms with Crippen molar-refractivity contribution < 1.29 is 4.79 Å². The van der Waals surface area contributed by atoms with Crippen LogP contribution in [0.5, 0.6) is 0 Å². The van der Waals surface area contributed by atoms with Gasteiger partial charge in [0.1, 0.15) is 0 Å². The molecular weight excluding hydrogens is 326 g/mol. The molecule has 2 aromatic carbocycles. The van der Waals surface area contributed by atoms with Crippen molar-refractivity contribution in [2.45, 2.75) is 33.2 Å². The van der Waals surface area contributed by atoms with Crippen LogP contribution in [-0.4, -0.2) is 5.91 Å². The summed E-state index contributed by atoms with van der Waals surface area (Å²) in [4.78, 5) is 12.4. The monoisotopic (exact) mass is 345 g/mol. The molecule has 0 heterocycles. The topological polar surface area (TPSA) is 29.1 Å². The summed E-state index contributed by atoms with van der Waals surface area (Å²) in [6.07, 6.45) is 0.861. The molecule has 0 unspecified atom stereocenters. The van der Waals surface area contributed by atoms with E-state index in [-0.39, 0.29) is 11.9 Å². The van der Waals surface area contributed by atoms with Gasteiger partial charge in [0.2, 0.25) is 0 Å². The molecule has 0 aliphatic heterocycles. The highest BCUT2D eigenvalue weighted by Crippen LogP contribution is 2.23. The largest absolute Gasteiger partial charge is 0.345 e. The zero-order chi connectivity index (χ0) is 15.4. The third-order valence-electron chi connectivity index (χ3n) is 3.63. The van der Waals surface area contributed by atoms with E-state index in [4.69, 9.17) is 0 Å². The smallest absolute Gasteiger partial charge is 0.252 e. The molecule has 1 atom stereocenters. The number of hydrogen-bond donors (Lipinski definition) is 1. The lowest BCUT2D eigenvalue weighted by Crippen LogP contribution is -2.28. The zero-order valence-corrected chi connectivity index (χ0v) is 14.2. The molecule has 1 amide bonds.